The summed E-state index contributed by atoms with van der Waals surface area (Å²) in [7, 11) is 6.18. The second-order valence-electron chi connectivity index (χ2n) is 9.41. The normalized spacial score (nSPS) is 11.9. The molecule has 2 heterocycles. The van der Waals surface area contributed by atoms with Gasteiger partial charge in [-0.2, -0.15) is 0 Å². The molecular weight excluding hydrogens is 546 g/mol. The maximum Gasteiger partial charge on any atom is 0.252 e. The third-order valence-corrected chi connectivity index (χ3v) is 7.21. The van der Waals surface area contributed by atoms with Crippen molar-refractivity contribution < 1.29 is 28.8 Å². The van der Waals surface area contributed by atoms with Crippen molar-refractivity contribution in [1.29, 1.82) is 0 Å². The predicted molar refractivity (Wildman–Crippen MR) is 159 cm³/mol. The van der Waals surface area contributed by atoms with Gasteiger partial charge in [0.05, 0.1) is 57.9 Å². The fourth-order valence-electron chi connectivity index (χ4n) is 4.91. The quantitative estimate of drug-likeness (QED) is 0.204. The van der Waals surface area contributed by atoms with Crippen LogP contribution in [0.4, 0.5) is 0 Å². The van der Waals surface area contributed by atoms with Gasteiger partial charge in [-0.05, 0) is 60.5 Å². The number of carbonyl (C=O) groups excluding carboxylic acids is 1. The number of amides is 1. The first-order valence-corrected chi connectivity index (χ1v) is 13.2. The predicted octanol–water partition coefficient (Wildman–Crippen LogP) is 5.40. The molecule has 0 saturated heterocycles. The van der Waals surface area contributed by atoms with E-state index in [1.165, 1.54) is 21.3 Å². The molecule has 0 unspecified atom stereocenters. The van der Waals surface area contributed by atoms with Crippen molar-refractivity contribution >= 4 is 39.3 Å². The number of aromatic amines is 1. The minimum absolute atomic E-state index is 0.252. The van der Waals surface area contributed by atoms with Gasteiger partial charge < -0.3 is 34.4 Å². The highest BCUT2D eigenvalue weighted by Crippen LogP contribution is 2.41. The summed E-state index contributed by atoms with van der Waals surface area (Å²) in [4.78, 5) is 21.8. The monoisotopic (exact) mass is 575 g/mol. The molecular formula is C31H30ClN3O6. The highest BCUT2D eigenvalue weighted by atomic mass is 35.5. The van der Waals surface area contributed by atoms with Crippen LogP contribution in [0.2, 0.25) is 5.02 Å². The molecule has 0 saturated carbocycles. The molecule has 0 aliphatic carbocycles. The average molecular weight is 576 g/mol. The standard InChI is InChI=1S/C31H30ClN3O6/c1-38-21-6-8-25-23(13-21)24(14-26(35-25)17-10-28(39-2)30(41-4)29(11-17)40-3)31(37)34-20(16-36)9-18-15-33-27-12-19(32)5-7-22(18)27/h5-8,10-15,20,33,36H,9,16H2,1-4H3,(H,34,37)/t20-/m1/s1. The number of H-pyrrole nitrogens is 1. The number of methoxy groups -OCH3 is 4. The Hall–Kier alpha value is -4.47. The maximum atomic E-state index is 13.8. The van der Waals surface area contributed by atoms with E-state index in [0.29, 0.717) is 62.2 Å². The van der Waals surface area contributed by atoms with Crippen LogP contribution in [0.15, 0.2) is 60.8 Å². The lowest BCUT2D eigenvalue weighted by atomic mass is 10.0. The van der Waals surface area contributed by atoms with E-state index in [1.807, 2.05) is 24.4 Å². The van der Waals surface area contributed by atoms with Crippen molar-refractivity contribution in [3.05, 3.63) is 76.9 Å². The molecule has 0 spiro atoms. The molecule has 3 N–H and O–H groups in total. The third kappa shape index (κ3) is 5.59. The number of benzene rings is 3. The largest absolute Gasteiger partial charge is 0.497 e. The molecule has 0 bridgehead atoms. The number of carbonyl (C=O) groups is 1. The topological polar surface area (TPSA) is 115 Å². The van der Waals surface area contributed by atoms with Crippen LogP contribution >= 0.6 is 11.6 Å². The number of rotatable bonds is 10. The smallest absolute Gasteiger partial charge is 0.252 e. The fraction of sp³-hybridized carbons (Fsp3) is 0.226. The van der Waals surface area contributed by atoms with Crippen molar-refractivity contribution in [2.24, 2.45) is 0 Å². The Bertz CT molecular complexity index is 1710. The average Bonchev–Trinajstić information content (AvgIpc) is 3.39. The molecule has 41 heavy (non-hydrogen) atoms. The van der Waals surface area contributed by atoms with Crippen molar-refractivity contribution in [3.63, 3.8) is 0 Å². The molecule has 10 heteroatoms. The van der Waals surface area contributed by atoms with E-state index in [4.69, 9.17) is 35.5 Å². The van der Waals surface area contributed by atoms with Crippen molar-refractivity contribution in [3.8, 4) is 34.3 Å². The van der Waals surface area contributed by atoms with E-state index < -0.39 is 6.04 Å². The highest BCUT2D eigenvalue weighted by molar-refractivity contribution is 6.31. The van der Waals surface area contributed by atoms with E-state index in [9.17, 15) is 9.90 Å². The lowest BCUT2D eigenvalue weighted by Crippen LogP contribution is -2.39. The summed E-state index contributed by atoms with van der Waals surface area (Å²) < 4.78 is 21.9. The summed E-state index contributed by atoms with van der Waals surface area (Å²) in [6, 6.07) is 15.7. The second kappa shape index (κ2) is 12.0. The molecule has 5 rings (SSSR count). The summed E-state index contributed by atoms with van der Waals surface area (Å²) in [5, 5.41) is 15.4. The number of halogens is 1. The minimum Gasteiger partial charge on any atom is -0.497 e. The summed E-state index contributed by atoms with van der Waals surface area (Å²) in [5.41, 5.74) is 4.01. The Balaban J connectivity index is 1.55. The van der Waals surface area contributed by atoms with Gasteiger partial charge >= 0.3 is 0 Å². The summed E-state index contributed by atoms with van der Waals surface area (Å²) in [6.45, 7) is -0.252. The van der Waals surface area contributed by atoms with E-state index in [0.717, 1.165) is 16.5 Å². The molecule has 0 fully saturated rings. The van der Waals surface area contributed by atoms with Gasteiger partial charge in [0.25, 0.3) is 5.91 Å². The number of nitrogens with zero attached hydrogens (tertiary/aromatic N) is 1. The number of nitrogens with one attached hydrogen (secondary N) is 2. The SMILES string of the molecule is COc1ccc2nc(-c3cc(OC)c(OC)c(OC)c3)cc(C(=O)N[C@@H](CO)Cc3c[nH]c4cc(Cl)ccc34)c2c1. The van der Waals surface area contributed by atoms with Gasteiger partial charge in [0.2, 0.25) is 5.75 Å². The van der Waals surface area contributed by atoms with Crippen molar-refractivity contribution in [2.45, 2.75) is 12.5 Å². The zero-order valence-electron chi connectivity index (χ0n) is 23.1. The molecule has 5 aromatic rings. The first-order chi connectivity index (χ1) is 19.9. The number of pyridine rings is 1. The minimum atomic E-state index is -0.546. The van der Waals surface area contributed by atoms with E-state index in [1.54, 1.807) is 43.5 Å². The Morgan fingerprint density at radius 2 is 1.71 bits per heavy atom. The molecule has 3 aromatic carbocycles. The molecule has 9 nitrogen and oxygen atoms in total. The van der Waals surface area contributed by atoms with Crippen LogP contribution in [0.3, 0.4) is 0 Å². The summed E-state index contributed by atoms with van der Waals surface area (Å²) >= 11 is 6.12. The first-order valence-electron chi connectivity index (χ1n) is 12.9. The Morgan fingerprint density at radius 3 is 2.37 bits per heavy atom. The molecule has 212 valence electrons. The van der Waals surface area contributed by atoms with Crippen LogP contribution in [0.5, 0.6) is 23.0 Å². The second-order valence-corrected chi connectivity index (χ2v) is 9.85. The van der Waals surface area contributed by atoms with E-state index in [-0.39, 0.29) is 12.5 Å². The highest BCUT2D eigenvalue weighted by Gasteiger charge is 2.21. The maximum absolute atomic E-state index is 13.8. The van der Waals surface area contributed by atoms with Gasteiger partial charge in [-0.25, -0.2) is 4.98 Å². The molecule has 0 radical (unpaired) electrons. The van der Waals surface area contributed by atoms with Crippen LogP contribution in [0.1, 0.15) is 15.9 Å². The van der Waals surface area contributed by atoms with Crippen LogP contribution < -0.4 is 24.3 Å². The summed E-state index contributed by atoms with van der Waals surface area (Å²) in [5.74, 6) is 1.61. The van der Waals surface area contributed by atoms with E-state index >= 15 is 0 Å². The molecule has 1 amide bonds. The van der Waals surface area contributed by atoms with Crippen molar-refractivity contribution in [1.82, 2.24) is 15.3 Å². The number of hydrogen-bond donors (Lipinski definition) is 3. The lowest BCUT2D eigenvalue weighted by Gasteiger charge is -2.18. The third-order valence-electron chi connectivity index (χ3n) is 6.97. The Morgan fingerprint density at radius 1 is 0.951 bits per heavy atom. The van der Waals surface area contributed by atoms with Gasteiger partial charge in [0.15, 0.2) is 11.5 Å². The van der Waals surface area contributed by atoms with E-state index in [2.05, 4.69) is 10.3 Å². The number of ether oxygens (including phenoxy) is 4. The van der Waals surface area contributed by atoms with Gasteiger partial charge in [0.1, 0.15) is 5.75 Å². The number of fused-ring (bicyclic) bond motifs is 2. The Labute approximate surface area is 242 Å². The van der Waals surface area contributed by atoms with Crippen LogP contribution in [-0.4, -0.2) is 62.1 Å². The fourth-order valence-corrected chi connectivity index (χ4v) is 5.09. The number of aliphatic hydroxyl groups excluding tert-OH is 1. The van der Waals surface area contributed by atoms with Gasteiger partial charge in [0, 0.05) is 33.1 Å². The lowest BCUT2D eigenvalue weighted by molar-refractivity contribution is 0.0918. The zero-order valence-corrected chi connectivity index (χ0v) is 23.8. The Kier molecular flexibility index (Phi) is 8.19. The van der Waals surface area contributed by atoms with Gasteiger partial charge in [-0.3, -0.25) is 4.79 Å². The molecule has 1 atom stereocenters. The first kappa shape index (κ1) is 28.1. The zero-order chi connectivity index (χ0) is 29.1. The number of hydrogen-bond acceptors (Lipinski definition) is 7. The molecule has 0 aliphatic heterocycles. The van der Waals surface area contributed by atoms with Gasteiger partial charge in [-0.1, -0.05) is 17.7 Å². The van der Waals surface area contributed by atoms with Crippen LogP contribution in [0.25, 0.3) is 33.1 Å². The number of aromatic nitrogens is 2. The molecule has 2 aromatic heterocycles. The van der Waals surface area contributed by atoms with Gasteiger partial charge in [-0.15, -0.1) is 0 Å². The number of aliphatic hydroxyl groups is 1. The summed E-state index contributed by atoms with van der Waals surface area (Å²) in [6.07, 6.45) is 2.28. The molecule has 0 aliphatic rings. The van der Waals surface area contributed by atoms with Crippen LogP contribution in [0, 0.1) is 0 Å². The van der Waals surface area contributed by atoms with Crippen LogP contribution in [-0.2, 0) is 6.42 Å². The van der Waals surface area contributed by atoms with Crippen molar-refractivity contribution in [2.75, 3.05) is 35.0 Å².